The first-order valence-corrected chi connectivity index (χ1v) is 10.8. The van der Waals surface area contributed by atoms with E-state index in [0.717, 1.165) is 0 Å². The Labute approximate surface area is 197 Å². The van der Waals surface area contributed by atoms with Crippen LogP contribution in [-0.2, 0) is 9.59 Å². The minimum absolute atomic E-state index is 0.242. The smallest absolute Gasteiger partial charge is 0.332 e. The van der Waals surface area contributed by atoms with Gasteiger partial charge < -0.3 is 61.3 Å². The Morgan fingerprint density at radius 3 is 1.26 bits per heavy atom. The Kier molecular flexibility index (Phi) is 18.3. The van der Waals surface area contributed by atoms with Gasteiger partial charge in [0, 0.05) is 38.2 Å². The molecule has 0 radical (unpaired) electrons. The van der Waals surface area contributed by atoms with Crippen LogP contribution >= 0.6 is 0 Å². The summed E-state index contributed by atoms with van der Waals surface area (Å²) in [6, 6.07) is 0. The third-order valence-corrected chi connectivity index (χ3v) is 5.06. The summed E-state index contributed by atoms with van der Waals surface area (Å²) in [7, 11) is 0. The average Bonchev–Trinajstić information content (AvgIpc) is 2.76. The number of carboxylic acid groups (broad SMARTS) is 2. The maximum absolute atomic E-state index is 10.3. The number of hydrogen-bond donors (Lipinski definition) is 12. The van der Waals surface area contributed by atoms with Crippen molar-refractivity contribution in [1.82, 2.24) is 0 Å². The molecule has 10 unspecified atom stereocenters. The fourth-order valence-corrected chi connectivity index (χ4v) is 2.73. The van der Waals surface area contributed by atoms with E-state index in [2.05, 4.69) is 0 Å². The van der Waals surface area contributed by atoms with Crippen molar-refractivity contribution in [3.63, 3.8) is 0 Å². The largest absolute Gasteiger partial charge is 0.479 e. The molecule has 0 spiro atoms. The zero-order valence-electron chi connectivity index (χ0n) is 19.2. The van der Waals surface area contributed by atoms with E-state index in [1.165, 1.54) is 6.92 Å². The van der Waals surface area contributed by atoms with Gasteiger partial charge in [-0.3, -0.25) is 0 Å². The van der Waals surface area contributed by atoms with Gasteiger partial charge in [-0.25, -0.2) is 9.59 Å². The highest BCUT2D eigenvalue weighted by molar-refractivity contribution is 5.72. The molecule has 0 aliphatic carbocycles. The molecule has 34 heavy (non-hydrogen) atoms. The molecule has 0 bridgehead atoms. The van der Waals surface area contributed by atoms with Gasteiger partial charge in [-0.2, -0.15) is 0 Å². The minimum atomic E-state index is -1.72. The van der Waals surface area contributed by atoms with E-state index in [9.17, 15) is 45.3 Å². The first-order chi connectivity index (χ1) is 15.6. The summed E-state index contributed by atoms with van der Waals surface area (Å²) in [6.45, 7) is 2.82. The highest BCUT2D eigenvalue weighted by atomic mass is 16.4. The summed E-state index contributed by atoms with van der Waals surface area (Å²) in [4.78, 5) is 20.6. The average molecular weight is 505 g/mol. The standard InChI is InChI=1S/2C10H20O7/c1-5(4-11)9(15)7(13)2-6(12)3-8(14)10(16)17;1-2-6(12)9(15)7(13)3-5(11)4-8(14)10(16)17/h2*5-9,11-15H,2-4H2,1H3,(H,16,17). The monoisotopic (exact) mass is 504 g/mol. The Balaban J connectivity index is 0. The second-order valence-electron chi connectivity index (χ2n) is 8.21. The van der Waals surface area contributed by atoms with Crippen molar-refractivity contribution in [3.8, 4) is 0 Å². The van der Waals surface area contributed by atoms with E-state index >= 15 is 0 Å². The zero-order chi connectivity index (χ0) is 27.2. The first kappa shape index (κ1) is 34.7. The first-order valence-electron chi connectivity index (χ1n) is 10.8. The van der Waals surface area contributed by atoms with Gasteiger partial charge in [-0.15, -0.1) is 0 Å². The van der Waals surface area contributed by atoms with Crippen LogP contribution in [0.4, 0.5) is 0 Å². The fourth-order valence-electron chi connectivity index (χ4n) is 2.73. The molecule has 0 aromatic rings. The molecule has 14 nitrogen and oxygen atoms in total. The van der Waals surface area contributed by atoms with Crippen LogP contribution in [0.3, 0.4) is 0 Å². The van der Waals surface area contributed by atoms with E-state index in [1.54, 1.807) is 6.92 Å². The zero-order valence-corrected chi connectivity index (χ0v) is 19.2. The van der Waals surface area contributed by atoms with Crippen LogP contribution < -0.4 is 0 Å². The second-order valence-corrected chi connectivity index (χ2v) is 8.21. The quantitative estimate of drug-likeness (QED) is 0.0954. The fraction of sp³-hybridized carbons (Fsp3) is 0.900. The summed E-state index contributed by atoms with van der Waals surface area (Å²) in [5, 5.41) is 109. The molecule has 10 atom stereocenters. The molecule has 0 saturated heterocycles. The number of aliphatic carboxylic acids is 2. The summed E-state index contributed by atoms with van der Waals surface area (Å²) in [5.74, 6) is -3.47. The van der Waals surface area contributed by atoms with E-state index in [4.69, 9.17) is 25.5 Å². The number of hydrogen-bond acceptors (Lipinski definition) is 12. The molecule has 12 N–H and O–H groups in total. The topological polar surface area (TPSA) is 277 Å². The van der Waals surface area contributed by atoms with Gasteiger partial charge in [0.15, 0.2) is 12.2 Å². The van der Waals surface area contributed by atoms with Crippen molar-refractivity contribution in [1.29, 1.82) is 0 Å². The van der Waals surface area contributed by atoms with Gasteiger partial charge in [0.1, 0.15) is 6.10 Å². The van der Waals surface area contributed by atoms with E-state index in [0.29, 0.717) is 0 Å². The van der Waals surface area contributed by atoms with E-state index in [-0.39, 0.29) is 25.9 Å². The van der Waals surface area contributed by atoms with E-state index < -0.39 is 85.6 Å². The van der Waals surface area contributed by atoms with Crippen LogP contribution in [0.15, 0.2) is 0 Å². The van der Waals surface area contributed by atoms with Crippen molar-refractivity contribution in [3.05, 3.63) is 0 Å². The molecule has 0 amide bonds. The highest BCUT2D eigenvalue weighted by Crippen LogP contribution is 2.14. The molecule has 0 aromatic carbocycles. The highest BCUT2D eigenvalue weighted by Gasteiger charge is 2.28. The third-order valence-electron chi connectivity index (χ3n) is 5.06. The molecule has 0 aliphatic rings. The number of aliphatic hydroxyl groups is 10. The lowest BCUT2D eigenvalue weighted by atomic mass is 9.95. The molecule has 0 saturated carbocycles. The van der Waals surface area contributed by atoms with Gasteiger partial charge in [0.25, 0.3) is 0 Å². The maximum atomic E-state index is 10.3. The normalized spacial score (nSPS) is 20.4. The molecule has 0 aliphatic heterocycles. The van der Waals surface area contributed by atoms with Gasteiger partial charge in [0.2, 0.25) is 0 Å². The molecule has 14 heteroatoms. The molecular weight excluding hydrogens is 464 g/mol. The summed E-state index contributed by atoms with van der Waals surface area (Å²) in [6.07, 6.45) is -13.5. The Morgan fingerprint density at radius 1 is 0.618 bits per heavy atom. The molecule has 0 rings (SSSR count). The van der Waals surface area contributed by atoms with Crippen LogP contribution in [0.1, 0.15) is 46.0 Å². The van der Waals surface area contributed by atoms with Gasteiger partial charge in [-0.1, -0.05) is 13.8 Å². The van der Waals surface area contributed by atoms with Gasteiger partial charge >= 0.3 is 11.9 Å². The Morgan fingerprint density at radius 2 is 0.971 bits per heavy atom. The van der Waals surface area contributed by atoms with Crippen LogP contribution in [-0.4, -0.2) is 135 Å². The summed E-state index contributed by atoms with van der Waals surface area (Å²) < 4.78 is 0. The number of carboxylic acids is 2. The van der Waals surface area contributed by atoms with E-state index in [1.807, 2.05) is 0 Å². The third kappa shape index (κ3) is 14.7. The minimum Gasteiger partial charge on any atom is -0.479 e. The van der Waals surface area contributed by atoms with Gasteiger partial charge in [-0.05, 0) is 6.42 Å². The maximum Gasteiger partial charge on any atom is 0.332 e. The van der Waals surface area contributed by atoms with Crippen molar-refractivity contribution < 1.29 is 70.9 Å². The van der Waals surface area contributed by atoms with Crippen LogP contribution in [0.2, 0.25) is 0 Å². The number of rotatable bonds is 16. The number of aliphatic hydroxyl groups excluding tert-OH is 10. The lowest BCUT2D eigenvalue weighted by molar-refractivity contribution is -0.149. The molecule has 0 fully saturated rings. The number of carbonyl (C=O) groups is 2. The lowest BCUT2D eigenvalue weighted by Crippen LogP contribution is -2.39. The summed E-state index contributed by atoms with van der Waals surface area (Å²) >= 11 is 0. The predicted octanol–water partition coefficient (Wildman–Crippen LogP) is -4.01. The Hall–Kier alpha value is -1.46. The van der Waals surface area contributed by atoms with Crippen molar-refractivity contribution in [2.75, 3.05) is 6.61 Å². The predicted molar refractivity (Wildman–Crippen MR) is 114 cm³/mol. The molecular formula is C20H40O14. The van der Waals surface area contributed by atoms with Crippen molar-refractivity contribution in [2.45, 2.75) is 101 Å². The lowest BCUT2D eigenvalue weighted by Gasteiger charge is -2.24. The second kappa shape index (κ2) is 17.9. The van der Waals surface area contributed by atoms with Crippen molar-refractivity contribution >= 4 is 11.9 Å². The van der Waals surface area contributed by atoms with Crippen LogP contribution in [0.25, 0.3) is 0 Å². The SMILES string of the molecule is CC(CO)C(O)C(O)CC(O)CC(O)C(=O)O.CCC(O)C(O)C(O)CC(O)CC(O)C(=O)O. The van der Waals surface area contributed by atoms with Gasteiger partial charge in [0.05, 0.1) is 36.6 Å². The molecule has 0 heterocycles. The van der Waals surface area contributed by atoms with Crippen molar-refractivity contribution in [2.24, 2.45) is 5.92 Å². The Bertz CT molecular complexity index is 513. The molecule has 204 valence electrons. The van der Waals surface area contributed by atoms with Crippen LogP contribution in [0, 0.1) is 5.92 Å². The summed E-state index contributed by atoms with van der Waals surface area (Å²) in [5.41, 5.74) is 0. The molecule has 0 aromatic heterocycles. The van der Waals surface area contributed by atoms with Crippen LogP contribution in [0.5, 0.6) is 0 Å².